The van der Waals surface area contributed by atoms with Crippen LogP contribution in [0.25, 0.3) is 0 Å². The highest BCUT2D eigenvalue weighted by Crippen LogP contribution is 2.05. The van der Waals surface area contributed by atoms with E-state index in [1.165, 1.54) is 0 Å². The minimum atomic E-state index is -0.469. The van der Waals surface area contributed by atoms with E-state index in [0.29, 0.717) is 12.7 Å². The number of ether oxygens (including phenoxy) is 1. The molecule has 0 saturated carbocycles. The summed E-state index contributed by atoms with van der Waals surface area (Å²) in [5, 5.41) is 3.08. The maximum Gasteiger partial charge on any atom is 0.422 e. The molecule has 0 heterocycles. The van der Waals surface area contributed by atoms with E-state index in [9.17, 15) is 4.79 Å². The molecule has 1 amide bonds. The molecule has 0 spiro atoms. The number of carbonyl (C=O) groups is 1. The van der Waals surface area contributed by atoms with Crippen LogP contribution in [-0.2, 0) is 4.74 Å². The van der Waals surface area contributed by atoms with Crippen LogP contribution in [0.5, 0.6) is 0 Å². The Morgan fingerprint density at radius 3 is 2.36 bits per heavy atom. The van der Waals surface area contributed by atoms with Gasteiger partial charge in [0.05, 0.1) is 6.67 Å². The predicted molar refractivity (Wildman–Crippen MR) is 55.6 cm³/mol. The molecule has 0 fully saturated rings. The van der Waals surface area contributed by atoms with Gasteiger partial charge in [0.25, 0.3) is 0 Å². The Kier molecular flexibility index (Phi) is 5.49. The van der Waals surface area contributed by atoms with Crippen molar-refractivity contribution < 1.29 is 9.53 Å². The average Bonchev–Trinajstić information content (AvgIpc) is 1.94. The van der Waals surface area contributed by atoms with Crippen LogP contribution in [-0.4, -0.2) is 24.4 Å². The van der Waals surface area contributed by atoms with Crippen LogP contribution in [0.15, 0.2) is 0 Å². The third-order valence-electron chi connectivity index (χ3n) is 1.19. The second-order valence-electron chi connectivity index (χ2n) is 4.34. The number of carbonyl (C=O) groups excluding carboxylic acids is 1. The number of hydrogen-bond donors (Lipinski definition) is 3. The molecule has 5 heteroatoms. The Morgan fingerprint density at radius 1 is 1.36 bits per heavy atom. The van der Waals surface area contributed by atoms with Gasteiger partial charge in [-0.05, 0) is 34.6 Å². The van der Waals surface area contributed by atoms with Crippen molar-refractivity contribution in [3.05, 3.63) is 0 Å². The minimum Gasteiger partial charge on any atom is -0.443 e. The molecule has 3 N–H and O–H groups in total. The molecule has 84 valence electrons. The molecule has 0 aromatic heterocycles. The smallest absolute Gasteiger partial charge is 0.422 e. The van der Waals surface area contributed by atoms with E-state index < -0.39 is 11.7 Å². The van der Waals surface area contributed by atoms with Crippen molar-refractivity contribution in [3.63, 3.8) is 0 Å². The van der Waals surface area contributed by atoms with Crippen molar-refractivity contribution in [1.82, 2.24) is 16.2 Å². The van der Waals surface area contributed by atoms with Crippen molar-refractivity contribution in [2.24, 2.45) is 0 Å². The molecule has 0 atom stereocenters. The highest BCUT2D eigenvalue weighted by molar-refractivity contribution is 5.66. The highest BCUT2D eigenvalue weighted by Gasteiger charge is 2.15. The van der Waals surface area contributed by atoms with Gasteiger partial charge in [0.2, 0.25) is 0 Å². The first-order valence-corrected chi connectivity index (χ1v) is 4.76. The first kappa shape index (κ1) is 13.2. The zero-order valence-electron chi connectivity index (χ0n) is 9.60. The van der Waals surface area contributed by atoms with Crippen molar-refractivity contribution in [2.75, 3.05) is 6.67 Å². The van der Waals surface area contributed by atoms with E-state index >= 15 is 0 Å². The van der Waals surface area contributed by atoms with Gasteiger partial charge in [-0.3, -0.25) is 5.43 Å². The Balaban J connectivity index is 3.46. The standard InChI is InChI=1S/C9H21N3O2/c1-7(2)10-6-11-12-8(13)14-9(3,4)5/h7,10-11H,6H2,1-5H3,(H,12,13). The third kappa shape index (κ3) is 9.28. The van der Waals surface area contributed by atoms with Gasteiger partial charge in [-0.1, -0.05) is 0 Å². The van der Waals surface area contributed by atoms with Crippen LogP contribution in [0.2, 0.25) is 0 Å². The quantitative estimate of drug-likeness (QED) is 0.362. The van der Waals surface area contributed by atoms with Gasteiger partial charge in [-0.15, -0.1) is 0 Å². The number of nitrogens with one attached hydrogen (secondary N) is 3. The summed E-state index contributed by atoms with van der Waals surface area (Å²) in [6.45, 7) is 10.0. The Morgan fingerprint density at radius 2 is 1.93 bits per heavy atom. The molecular formula is C9H21N3O2. The van der Waals surface area contributed by atoms with Gasteiger partial charge in [-0.25, -0.2) is 10.2 Å². The van der Waals surface area contributed by atoms with Crippen LogP contribution in [0, 0.1) is 0 Å². The van der Waals surface area contributed by atoms with E-state index in [1.54, 1.807) is 0 Å². The van der Waals surface area contributed by atoms with Crippen LogP contribution in [0.4, 0.5) is 4.79 Å². The van der Waals surface area contributed by atoms with Crippen LogP contribution in [0.3, 0.4) is 0 Å². The Hall–Kier alpha value is -0.810. The van der Waals surface area contributed by atoms with Gasteiger partial charge >= 0.3 is 6.09 Å². The molecule has 0 aliphatic rings. The van der Waals surface area contributed by atoms with Crippen LogP contribution < -0.4 is 16.2 Å². The second-order valence-corrected chi connectivity index (χ2v) is 4.34. The molecule has 0 aromatic carbocycles. The second kappa shape index (κ2) is 5.82. The maximum atomic E-state index is 11.1. The SMILES string of the molecule is CC(C)NCNNC(=O)OC(C)(C)C. The normalized spacial score (nSPS) is 11.6. The number of hydrazine groups is 1. The van der Waals surface area contributed by atoms with Crippen LogP contribution in [0.1, 0.15) is 34.6 Å². The summed E-state index contributed by atoms with van der Waals surface area (Å²) >= 11 is 0. The number of hydrogen-bond acceptors (Lipinski definition) is 4. The summed E-state index contributed by atoms with van der Waals surface area (Å²) in [5.41, 5.74) is 4.66. The molecule has 0 unspecified atom stereocenters. The lowest BCUT2D eigenvalue weighted by Crippen LogP contribution is -2.46. The Labute approximate surface area is 85.6 Å². The Bertz CT molecular complexity index is 175. The molecule has 5 nitrogen and oxygen atoms in total. The first-order chi connectivity index (χ1) is 6.31. The monoisotopic (exact) mass is 203 g/mol. The topological polar surface area (TPSA) is 62.4 Å². The van der Waals surface area contributed by atoms with Crippen molar-refractivity contribution in [2.45, 2.75) is 46.3 Å². The fourth-order valence-corrected chi connectivity index (χ4v) is 0.675. The first-order valence-electron chi connectivity index (χ1n) is 4.76. The lowest BCUT2D eigenvalue weighted by Gasteiger charge is -2.20. The maximum absolute atomic E-state index is 11.1. The minimum absolute atomic E-state index is 0.378. The van der Waals surface area contributed by atoms with E-state index in [4.69, 9.17) is 4.74 Å². The fraction of sp³-hybridized carbons (Fsp3) is 0.889. The van der Waals surface area contributed by atoms with Gasteiger partial charge < -0.3 is 10.1 Å². The predicted octanol–water partition coefficient (Wildman–Crippen LogP) is 0.971. The molecule has 14 heavy (non-hydrogen) atoms. The summed E-state index contributed by atoms with van der Waals surface area (Å²) in [4.78, 5) is 11.1. The molecular weight excluding hydrogens is 182 g/mol. The van der Waals surface area contributed by atoms with E-state index in [0.717, 1.165) is 0 Å². The summed E-state index contributed by atoms with van der Waals surface area (Å²) < 4.78 is 5.00. The average molecular weight is 203 g/mol. The van der Waals surface area contributed by atoms with Gasteiger partial charge in [0.15, 0.2) is 0 Å². The van der Waals surface area contributed by atoms with Crippen LogP contribution >= 0.6 is 0 Å². The van der Waals surface area contributed by atoms with Crippen molar-refractivity contribution >= 4 is 6.09 Å². The lowest BCUT2D eigenvalue weighted by molar-refractivity contribution is 0.0496. The molecule has 0 aliphatic carbocycles. The summed E-state index contributed by atoms with van der Waals surface area (Å²) in [6.07, 6.45) is -0.469. The molecule has 0 bridgehead atoms. The molecule has 0 saturated heterocycles. The van der Waals surface area contributed by atoms with Gasteiger partial charge in [0, 0.05) is 6.04 Å². The molecule has 0 rings (SSSR count). The van der Waals surface area contributed by atoms with E-state index in [-0.39, 0.29) is 0 Å². The lowest BCUT2D eigenvalue weighted by atomic mass is 10.2. The summed E-state index contributed by atoms with van der Waals surface area (Å²) in [6, 6.07) is 0.378. The van der Waals surface area contributed by atoms with Crippen molar-refractivity contribution in [3.8, 4) is 0 Å². The molecule has 0 aliphatic heterocycles. The number of amides is 1. The zero-order valence-corrected chi connectivity index (χ0v) is 9.60. The van der Waals surface area contributed by atoms with Gasteiger partial charge in [0.1, 0.15) is 5.60 Å². The molecule has 0 radical (unpaired) electrons. The summed E-state index contributed by atoms with van der Waals surface area (Å²) in [5.74, 6) is 0. The van der Waals surface area contributed by atoms with Gasteiger partial charge in [-0.2, -0.15) is 0 Å². The number of rotatable bonds is 4. The fourth-order valence-electron chi connectivity index (χ4n) is 0.675. The zero-order chi connectivity index (χ0) is 11.2. The largest absolute Gasteiger partial charge is 0.443 e. The third-order valence-corrected chi connectivity index (χ3v) is 1.19. The highest BCUT2D eigenvalue weighted by atomic mass is 16.6. The van der Waals surface area contributed by atoms with E-state index in [2.05, 4.69) is 16.2 Å². The van der Waals surface area contributed by atoms with E-state index in [1.807, 2.05) is 34.6 Å². The molecule has 0 aromatic rings. The summed E-state index contributed by atoms with van der Waals surface area (Å²) in [7, 11) is 0. The van der Waals surface area contributed by atoms with Crippen molar-refractivity contribution in [1.29, 1.82) is 0 Å².